The summed E-state index contributed by atoms with van der Waals surface area (Å²) >= 11 is 0. The minimum atomic E-state index is 0. The molecule has 1 aromatic carbocycles. The minimum absolute atomic E-state index is 0. The largest absolute Gasteiger partial charge is 0.508 e. The van der Waals surface area contributed by atoms with Crippen molar-refractivity contribution in [3.05, 3.63) is 29.8 Å². The molecule has 0 radical (unpaired) electrons. The highest BCUT2D eigenvalue weighted by molar-refractivity contribution is 5.85. The molecule has 0 fully saturated rings. The SMILES string of the molecule is C[C@H](N)Cc1ccc(O)cc1.Cl. The number of hydrogen-bond donors (Lipinski definition) is 2. The molecule has 2 nitrogen and oxygen atoms in total. The Kier molecular flexibility index (Phi) is 4.71. The fourth-order valence-electron chi connectivity index (χ4n) is 1.00. The molecule has 1 aromatic rings. The van der Waals surface area contributed by atoms with Crippen LogP contribution >= 0.6 is 12.4 Å². The molecule has 0 aliphatic heterocycles. The number of hydrogen-bond acceptors (Lipinski definition) is 2. The van der Waals surface area contributed by atoms with Crippen molar-refractivity contribution in [1.82, 2.24) is 0 Å². The first kappa shape index (κ1) is 11.3. The molecular formula is C9H14ClNO. The molecule has 0 amide bonds. The summed E-state index contributed by atoms with van der Waals surface area (Å²) in [4.78, 5) is 0. The predicted octanol–water partition coefficient (Wildman–Crippen LogP) is 1.70. The Balaban J connectivity index is 0.00000121. The normalized spacial score (nSPS) is 11.8. The molecule has 68 valence electrons. The molecule has 1 rings (SSSR count). The zero-order valence-corrected chi connectivity index (χ0v) is 7.84. The molecule has 3 heteroatoms. The minimum Gasteiger partial charge on any atom is -0.508 e. The molecule has 0 spiro atoms. The number of benzene rings is 1. The first-order valence-corrected chi connectivity index (χ1v) is 3.72. The average Bonchev–Trinajstić information content (AvgIpc) is 1.93. The van der Waals surface area contributed by atoms with Gasteiger partial charge in [0.1, 0.15) is 5.75 Å². The summed E-state index contributed by atoms with van der Waals surface area (Å²) in [7, 11) is 0. The monoisotopic (exact) mass is 187 g/mol. The third kappa shape index (κ3) is 3.60. The molecule has 12 heavy (non-hydrogen) atoms. The van der Waals surface area contributed by atoms with Crippen LogP contribution < -0.4 is 5.73 Å². The molecule has 0 bridgehead atoms. The molecule has 0 unspecified atom stereocenters. The van der Waals surface area contributed by atoms with Crippen LogP contribution in [0, 0.1) is 0 Å². The highest BCUT2D eigenvalue weighted by atomic mass is 35.5. The van der Waals surface area contributed by atoms with E-state index in [1.54, 1.807) is 12.1 Å². The Bertz CT molecular complexity index is 220. The van der Waals surface area contributed by atoms with Crippen LogP contribution in [0.15, 0.2) is 24.3 Å². The van der Waals surface area contributed by atoms with Crippen LogP contribution in [-0.2, 0) is 6.42 Å². The van der Waals surface area contributed by atoms with E-state index < -0.39 is 0 Å². The van der Waals surface area contributed by atoms with E-state index in [1.807, 2.05) is 19.1 Å². The zero-order valence-electron chi connectivity index (χ0n) is 7.03. The quantitative estimate of drug-likeness (QED) is 0.741. The number of halogens is 1. The van der Waals surface area contributed by atoms with Gasteiger partial charge < -0.3 is 10.8 Å². The van der Waals surface area contributed by atoms with E-state index in [0.29, 0.717) is 5.75 Å². The van der Waals surface area contributed by atoms with Gasteiger partial charge in [0.15, 0.2) is 0 Å². The summed E-state index contributed by atoms with van der Waals surface area (Å²) in [6, 6.07) is 7.31. The standard InChI is InChI=1S/C9H13NO.ClH/c1-7(10)6-8-2-4-9(11)5-3-8;/h2-5,7,11H,6,10H2,1H3;1H/t7-;/m0./s1. The van der Waals surface area contributed by atoms with Crippen LogP contribution in [0.4, 0.5) is 0 Å². The lowest BCUT2D eigenvalue weighted by Gasteiger charge is -2.03. The van der Waals surface area contributed by atoms with Crippen LogP contribution in [0.3, 0.4) is 0 Å². The summed E-state index contributed by atoms with van der Waals surface area (Å²) in [6.07, 6.45) is 0.861. The van der Waals surface area contributed by atoms with Crippen molar-refractivity contribution in [1.29, 1.82) is 0 Å². The van der Waals surface area contributed by atoms with Gasteiger partial charge in [0, 0.05) is 6.04 Å². The van der Waals surface area contributed by atoms with Crippen LogP contribution in [0.1, 0.15) is 12.5 Å². The van der Waals surface area contributed by atoms with Gasteiger partial charge in [-0.3, -0.25) is 0 Å². The fourth-order valence-corrected chi connectivity index (χ4v) is 1.00. The number of nitrogens with two attached hydrogens (primary N) is 1. The summed E-state index contributed by atoms with van der Waals surface area (Å²) in [6.45, 7) is 1.97. The molecule has 0 saturated heterocycles. The molecule has 0 aliphatic rings. The van der Waals surface area contributed by atoms with Crippen LogP contribution in [-0.4, -0.2) is 11.1 Å². The van der Waals surface area contributed by atoms with E-state index in [0.717, 1.165) is 12.0 Å². The maximum Gasteiger partial charge on any atom is 0.115 e. The smallest absolute Gasteiger partial charge is 0.115 e. The van der Waals surface area contributed by atoms with Crippen molar-refractivity contribution in [2.24, 2.45) is 5.73 Å². The summed E-state index contributed by atoms with van der Waals surface area (Å²) < 4.78 is 0. The Hall–Kier alpha value is -0.730. The van der Waals surface area contributed by atoms with Crippen LogP contribution in [0.25, 0.3) is 0 Å². The predicted molar refractivity (Wildman–Crippen MR) is 52.7 cm³/mol. The van der Waals surface area contributed by atoms with Crippen molar-refractivity contribution >= 4 is 12.4 Å². The van der Waals surface area contributed by atoms with Gasteiger partial charge in [-0.25, -0.2) is 0 Å². The first-order valence-electron chi connectivity index (χ1n) is 3.72. The Morgan fingerprint density at radius 2 is 1.83 bits per heavy atom. The second-order valence-corrected chi connectivity index (χ2v) is 2.85. The van der Waals surface area contributed by atoms with Gasteiger partial charge in [-0.05, 0) is 31.0 Å². The van der Waals surface area contributed by atoms with E-state index in [1.165, 1.54) is 0 Å². The van der Waals surface area contributed by atoms with Crippen molar-refractivity contribution in [3.8, 4) is 5.75 Å². The topological polar surface area (TPSA) is 46.2 Å². The van der Waals surface area contributed by atoms with Crippen molar-refractivity contribution in [3.63, 3.8) is 0 Å². The van der Waals surface area contributed by atoms with E-state index in [2.05, 4.69) is 0 Å². The number of aromatic hydroxyl groups is 1. The van der Waals surface area contributed by atoms with Gasteiger partial charge in [0.25, 0.3) is 0 Å². The molecule has 3 N–H and O–H groups in total. The molecule has 0 heterocycles. The average molecular weight is 188 g/mol. The summed E-state index contributed by atoms with van der Waals surface area (Å²) in [5.74, 6) is 0.304. The van der Waals surface area contributed by atoms with E-state index in [9.17, 15) is 0 Å². The van der Waals surface area contributed by atoms with Crippen LogP contribution in [0.5, 0.6) is 5.75 Å². The van der Waals surface area contributed by atoms with E-state index in [-0.39, 0.29) is 18.4 Å². The Morgan fingerprint density at radius 1 is 1.33 bits per heavy atom. The van der Waals surface area contributed by atoms with E-state index in [4.69, 9.17) is 10.8 Å². The number of phenols is 1. The lowest BCUT2D eigenvalue weighted by Crippen LogP contribution is -2.17. The van der Waals surface area contributed by atoms with Gasteiger partial charge in [-0.2, -0.15) is 0 Å². The lowest BCUT2D eigenvalue weighted by molar-refractivity contribution is 0.475. The first-order chi connectivity index (χ1) is 5.18. The van der Waals surface area contributed by atoms with E-state index >= 15 is 0 Å². The fraction of sp³-hybridized carbons (Fsp3) is 0.333. The molecular weight excluding hydrogens is 174 g/mol. The Morgan fingerprint density at radius 3 is 2.25 bits per heavy atom. The van der Waals surface area contributed by atoms with Gasteiger partial charge >= 0.3 is 0 Å². The molecule has 0 saturated carbocycles. The van der Waals surface area contributed by atoms with Gasteiger partial charge in [0.2, 0.25) is 0 Å². The highest BCUT2D eigenvalue weighted by Crippen LogP contribution is 2.10. The van der Waals surface area contributed by atoms with Gasteiger partial charge in [-0.15, -0.1) is 12.4 Å². The van der Waals surface area contributed by atoms with Crippen molar-refractivity contribution in [2.45, 2.75) is 19.4 Å². The number of phenolic OH excluding ortho intramolecular Hbond substituents is 1. The molecule has 0 aliphatic carbocycles. The summed E-state index contributed by atoms with van der Waals surface area (Å²) in [5, 5.41) is 8.96. The van der Waals surface area contributed by atoms with Gasteiger partial charge in [-0.1, -0.05) is 12.1 Å². The van der Waals surface area contributed by atoms with Crippen molar-refractivity contribution < 1.29 is 5.11 Å². The van der Waals surface area contributed by atoms with Crippen molar-refractivity contribution in [2.75, 3.05) is 0 Å². The van der Waals surface area contributed by atoms with Crippen LogP contribution in [0.2, 0.25) is 0 Å². The second-order valence-electron chi connectivity index (χ2n) is 2.85. The Labute approximate surface area is 78.8 Å². The lowest BCUT2D eigenvalue weighted by atomic mass is 10.1. The summed E-state index contributed by atoms with van der Waals surface area (Å²) in [5.41, 5.74) is 6.76. The third-order valence-electron chi connectivity index (χ3n) is 1.49. The maximum atomic E-state index is 8.96. The zero-order chi connectivity index (χ0) is 8.27. The van der Waals surface area contributed by atoms with Gasteiger partial charge in [0.05, 0.1) is 0 Å². The number of rotatable bonds is 2. The maximum absolute atomic E-state index is 8.96. The second kappa shape index (κ2) is 5.01. The highest BCUT2D eigenvalue weighted by Gasteiger charge is 1.96. The molecule has 0 aromatic heterocycles. The molecule has 1 atom stereocenters. The third-order valence-corrected chi connectivity index (χ3v) is 1.49.